The molecule has 0 amide bonds. The minimum absolute atomic E-state index is 0.635. The molecule has 0 aromatic carbocycles. The van der Waals surface area contributed by atoms with Gasteiger partial charge in [0.1, 0.15) is 0 Å². The Kier molecular flexibility index (Phi) is 7.44. The first-order valence-corrected chi connectivity index (χ1v) is 5.91. The lowest BCUT2D eigenvalue weighted by atomic mass is 10.4. The molecule has 0 bridgehead atoms. The van der Waals surface area contributed by atoms with Crippen LogP contribution in [0.5, 0.6) is 0 Å². The molecule has 7 nitrogen and oxygen atoms in total. The highest BCUT2D eigenvalue weighted by Gasteiger charge is 2.04. The van der Waals surface area contributed by atoms with Crippen LogP contribution in [0, 0.1) is 0 Å². The smallest absolute Gasteiger partial charge is 0.165 e. The monoisotopic (exact) mass is 243 g/mol. The number of ether oxygens (including phenoxy) is 2. The number of rotatable bonds is 10. The lowest BCUT2D eigenvalue weighted by Gasteiger charge is -2.05. The molecule has 1 aromatic rings. The number of hydrogen-bond acceptors (Lipinski definition) is 6. The predicted molar refractivity (Wildman–Crippen MR) is 62.5 cm³/mol. The van der Waals surface area contributed by atoms with Crippen LogP contribution < -0.4 is 5.32 Å². The van der Waals surface area contributed by atoms with Crippen LogP contribution in [0.1, 0.15) is 19.2 Å². The number of aromatic nitrogens is 4. The number of methoxy groups -OCH3 is 1. The van der Waals surface area contributed by atoms with Crippen molar-refractivity contribution in [2.24, 2.45) is 0 Å². The van der Waals surface area contributed by atoms with E-state index in [1.807, 2.05) is 4.68 Å². The zero-order chi connectivity index (χ0) is 12.3. The first-order chi connectivity index (χ1) is 8.38. The van der Waals surface area contributed by atoms with Crippen molar-refractivity contribution in [3.05, 3.63) is 5.82 Å². The molecule has 98 valence electrons. The second-order valence-corrected chi connectivity index (χ2v) is 3.56. The van der Waals surface area contributed by atoms with E-state index < -0.39 is 0 Å². The maximum absolute atomic E-state index is 5.37. The van der Waals surface area contributed by atoms with E-state index in [2.05, 4.69) is 27.8 Å². The van der Waals surface area contributed by atoms with Gasteiger partial charge in [-0.05, 0) is 23.4 Å². The van der Waals surface area contributed by atoms with E-state index in [-0.39, 0.29) is 0 Å². The summed E-state index contributed by atoms with van der Waals surface area (Å²) in [6.45, 7) is 6.41. The number of aryl methyl sites for hydroxylation is 1. The van der Waals surface area contributed by atoms with Gasteiger partial charge in [0.2, 0.25) is 0 Å². The van der Waals surface area contributed by atoms with Gasteiger partial charge in [0.25, 0.3) is 0 Å². The van der Waals surface area contributed by atoms with Gasteiger partial charge in [0.05, 0.1) is 19.8 Å². The Morgan fingerprint density at radius 3 is 2.94 bits per heavy atom. The van der Waals surface area contributed by atoms with Crippen molar-refractivity contribution in [3.63, 3.8) is 0 Å². The van der Waals surface area contributed by atoms with Gasteiger partial charge in [-0.2, -0.15) is 0 Å². The Morgan fingerprint density at radius 1 is 1.29 bits per heavy atom. The topological polar surface area (TPSA) is 74.1 Å². The first-order valence-electron chi connectivity index (χ1n) is 5.91. The second kappa shape index (κ2) is 9.03. The fourth-order valence-corrected chi connectivity index (χ4v) is 1.32. The molecule has 0 aliphatic carbocycles. The molecule has 0 saturated carbocycles. The third-order valence-electron chi connectivity index (χ3n) is 2.23. The molecule has 1 N–H and O–H groups in total. The van der Waals surface area contributed by atoms with Crippen LogP contribution in [0.15, 0.2) is 0 Å². The van der Waals surface area contributed by atoms with E-state index in [9.17, 15) is 0 Å². The molecule has 0 atom stereocenters. The van der Waals surface area contributed by atoms with Gasteiger partial charge < -0.3 is 14.8 Å². The van der Waals surface area contributed by atoms with Crippen molar-refractivity contribution >= 4 is 0 Å². The van der Waals surface area contributed by atoms with E-state index in [0.717, 1.165) is 25.3 Å². The number of tetrazole rings is 1. The summed E-state index contributed by atoms with van der Waals surface area (Å²) < 4.78 is 12.1. The van der Waals surface area contributed by atoms with E-state index in [0.29, 0.717) is 26.4 Å². The highest BCUT2D eigenvalue weighted by atomic mass is 16.5. The molecule has 0 unspecified atom stereocenters. The summed E-state index contributed by atoms with van der Waals surface area (Å²) >= 11 is 0. The molecule has 0 aliphatic heterocycles. The van der Waals surface area contributed by atoms with E-state index >= 15 is 0 Å². The van der Waals surface area contributed by atoms with Gasteiger partial charge >= 0.3 is 0 Å². The molecule has 0 fully saturated rings. The van der Waals surface area contributed by atoms with Crippen molar-refractivity contribution in [2.45, 2.75) is 26.4 Å². The minimum atomic E-state index is 0.635. The van der Waals surface area contributed by atoms with Crippen LogP contribution in [0.25, 0.3) is 0 Å². The van der Waals surface area contributed by atoms with E-state index in [1.165, 1.54) is 0 Å². The molecule has 1 heterocycles. The van der Waals surface area contributed by atoms with Crippen LogP contribution in [-0.4, -0.2) is 53.7 Å². The van der Waals surface area contributed by atoms with Crippen LogP contribution in [0.4, 0.5) is 0 Å². The zero-order valence-corrected chi connectivity index (χ0v) is 10.6. The quantitative estimate of drug-likeness (QED) is 0.575. The lowest BCUT2D eigenvalue weighted by Crippen LogP contribution is -2.17. The molecule has 0 saturated heterocycles. The number of nitrogens with one attached hydrogen (secondary N) is 1. The Balaban J connectivity index is 2.15. The minimum Gasteiger partial charge on any atom is -0.382 e. The summed E-state index contributed by atoms with van der Waals surface area (Å²) in [4.78, 5) is 0. The van der Waals surface area contributed by atoms with E-state index in [1.54, 1.807) is 7.11 Å². The summed E-state index contributed by atoms with van der Waals surface area (Å²) in [6, 6.07) is 0. The third-order valence-corrected chi connectivity index (χ3v) is 2.23. The van der Waals surface area contributed by atoms with Crippen molar-refractivity contribution in [1.82, 2.24) is 25.5 Å². The van der Waals surface area contributed by atoms with Gasteiger partial charge in [0.15, 0.2) is 5.82 Å². The van der Waals surface area contributed by atoms with Gasteiger partial charge in [-0.25, -0.2) is 4.68 Å². The molecule has 1 rings (SSSR count). The molecular weight excluding hydrogens is 222 g/mol. The van der Waals surface area contributed by atoms with Crippen LogP contribution in [-0.2, 0) is 22.6 Å². The fourth-order valence-electron chi connectivity index (χ4n) is 1.32. The van der Waals surface area contributed by atoms with Gasteiger partial charge in [-0.3, -0.25) is 0 Å². The van der Waals surface area contributed by atoms with Crippen LogP contribution in [0.3, 0.4) is 0 Å². The van der Waals surface area contributed by atoms with Crippen molar-refractivity contribution in [1.29, 1.82) is 0 Å². The number of nitrogens with zero attached hydrogens (tertiary/aromatic N) is 4. The largest absolute Gasteiger partial charge is 0.382 e. The third kappa shape index (κ3) is 5.71. The predicted octanol–water partition coefficient (Wildman–Crippen LogP) is -0.164. The number of hydrogen-bond donors (Lipinski definition) is 1. The fraction of sp³-hybridized carbons (Fsp3) is 0.900. The maximum atomic E-state index is 5.37. The van der Waals surface area contributed by atoms with Crippen LogP contribution in [0.2, 0.25) is 0 Å². The molecular formula is C10H21N5O2. The van der Waals surface area contributed by atoms with Gasteiger partial charge in [-0.15, -0.1) is 5.10 Å². The molecule has 1 aromatic heterocycles. The van der Waals surface area contributed by atoms with E-state index in [4.69, 9.17) is 9.47 Å². The summed E-state index contributed by atoms with van der Waals surface area (Å²) in [7, 11) is 1.66. The molecule has 7 heteroatoms. The van der Waals surface area contributed by atoms with Crippen molar-refractivity contribution in [2.75, 3.05) is 33.5 Å². The summed E-state index contributed by atoms with van der Waals surface area (Å²) in [5, 5.41) is 14.8. The summed E-state index contributed by atoms with van der Waals surface area (Å²) in [6.07, 6.45) is 0.897. The van der Waals surface area contributed by atoms with Crippen molar-refractivity contribution < 1.29 is 9.47 Å². The molecule has 0 spiro atoms. The summed E-state index contributed by atoms with van der Waals surface area (Å²) in [5.74, 6) is 0.865. The molecule has 0 radical (unpaired) electrons. The van der Waals surface area contributed by atoms with Gasteiger partial charge in [0, 0.05) is 20.3 Å². The maximum Gasteiger partial charge on any atom is 0.165 e. The highest BCUT2D eigenvalue weighted by molar-refractivity contribution is 4.79. The standard InChI is InChI=1S/C10H21N5O2/c1-3-11-9-10-12-13-14-15(10)5-4-6-17-8-7-16-2/h11H,3-9H2,1-2H3. The summed E-state index contributed by atoms with van der Waals surface area (Å²) in [5.41, 5.74) is 0. The Morgan fingerprint density at radius 2 is 2.18 bits per heavy atom. The Bertz CT molecular complexity index is 292. The average molecular weight is 243 g/mol. The molecule has 0 aliphatic rings. The Labute approximate surface area is 101 Å². The normalized spacial score (nSPS) is 10.9. The van der Waals surface area contributed by atoms with Crippen molar-refractivity contribution in [3.8, 4) is 0 Å². The Hall–Kier alpha value is -1.05. The molecule has 17 heavy (non-hydrogen) atoms. The first kappa shape index (κ1) is 14.0. The van der Waals surface area contributed by atoms with Gasteiger partial charge in [-0.1, -0.05) is 6.92 Å². The SMILES string of the molecule is CCNCc1nnnn1CCCOCCOC. The highest BCUT2D eigenvalue weighted by Crippen LogP contribution is 1.95. The zero-order valence-electron chi connectivity index (χ0n) is 10.6. The second-order valence-electron chi connectivity index (χ2n) is 3.56. The lowest BCUT2D eigenvalue weighted by molar-refractivity contribution is 0.0675. The van der Waals surface area contributed by atoms with Crippen LogP contribution >= 0.6 is 0 Å². The average Bonchev–Trinajstić information content (AvgIpc) is 2.78.